The molecule has 1 aromatic carbocycles. The Labute approximate surface area is 97.1 Å². The average molecular weight is 237 g/mol. The summed E-state index contributed by atoms with van der Waals surface area (Å²) in [6, 6.07) is 5.95. The average Bonchev–Trinajstić information content (AvgIpc) is 2.72. The normalized spacial score (nSPS) is 10.8. The van der Waals surface area contributed by atoms with Crippen LogP contribution in [0.15, 0.2) is 24.3 Å². The number of hydrogen-bond acceptors (Lipinski definition) is 4. The third-order valence-corrected chi connectivity index (χ3v) is 2.36. The maximum Gasteiger partial charge on any atom is 0.123 e. The summed E-state index contributed by atoms with van der Waals surface area (Å²) < 4.78 is 14.6. The van der Waals surface area contributed by atoms with Crippen molar-refractivity contribution < 1.29 is 14.6 Å². The lowest BCUT2D eigenvalue weighted by Gasteiger charge is -2.06. The predicted octanol–water partition coefficient (Wildman–Crippen LogP) is 0.569. The fourth-order valence-electron chi connectivity index (χ4n) is 1.66. The molecule has 6 heteroatoms. The van der Waals surface area contributed by atoms with E-state index in [4.69, 9.17) is 10.2 Å². The minimum atomic E-state index is -0.372. The van der Waals surface area contributed by atoms with Gasteiger partial charge >= 0.3 is 0 Å². The van der Waals surface area contributed by atoms with E-state index in [-0.39, 0.29) is 25.6 Å². The van der Waals surface area contributed by atoms with E-state index >= 15 is 0 Å². The van der Waals surface area contributed by atoms with Gasteiger partial charge in [-0.05, 0) is 12.1 Å². The smallest absolute Gasteiger partial charge is 0.123 e. The molecule has 2 aromatic rings. The summed E-state index contributed by atoms with van der Waals surface area (Å²) in [7, 11) is 0. The van der Waals surface area contributed by atoms with Crippen molar-refractivity contribution in [3.05, 3.63) is 35.8 Å². The van der Waals surface area contributed by atoms with E-state index in [2.05, 4.69) is 10.3 Å². The molecule has 0 radical (unpaired) electrons. The SMILES string of the molecule is OCCn1nnc(CO)c1-c1cccc(F)c1. The molecule has 90 valence electrons. The van der Waals surface area contributed by atoms with Gasteiger partial charge in [0.15, 0.2) is 0 Å². The summed E-state index contributed by atoms with van der Waals surface area (Å²) in [4.78, 5) is 0. The Morgan fingerprint density at radius 3 is 2.76 bits per heavy atom. The molecule has 0 aliphatic carbocycles. The van der Waals surface area contributed by atoms with E-state index in [0.29, 0.717) is 17.0 Å². The molecule has 0 spiro atoms. The van der Waals surface area contributed by atoms with Crippen molar-refractivity contribution in [2.45, 2.75) is 13.2 Å². The van der Waals surface area contributed by atoms with Crippen LogP contribution in [0.1, 0.15) is 5.69 Å². The fourth-order valence-corrected chi connectivity index (χ4v) is 1.66. The highest BCUT2D eigenvalue weighted by Crippen LogP contribution is 2.22. The van der Waals surface area contributed by atoms with Crippen molar-refractivity contribution >= 4 is 0 Å². The molecule has 0 aliphatic rings. The van der Waals surface area contributed by atoms with Gasteiger partial charge in [-0.1, -0.05) is 17.3 Å². The van der Waals surface area contributed by atoms with E-state index in [1.807, 2.05) is 0 Å². The van der Waals surface area contributed by atoms with Crippen molar-refractivity contribution in [2.24, 2.45) is 0 Å². The third kappa shape index (κ3) is 2.32. The summed E-state index contributed by atoms with van der Waals surface area (Å²) in [6.07, 6.45) is 0. The highest BCUT2D eigenvalue weighted by molar-refractivity contribution is 5.61. The summed E-state index contributed by atoms with van der Waals surface area (Å²) in [6.45, 7) is -0.132. The molecule has 17 heavy (non-hydrogen) atoms. The molecule has 0 bridgehead atoms. The van der Waals surface area contributed by atoms with Gasteiger partial charge in [0.05, 0.1) is 25.5 Å². The molecule has 0 aliphatic heterocycles. The lowest BCUT2D eigenvalue weighted by atomic mass is 10.1. The molecule has 2 rings (SSSR count). The summed E-state index contributed by atoms with van der Waals surface area (Å²) >= 11 is 0. The van der Waals surface area contributed by atoms with E-state index in [9.17, 15) is 4.39 Å². The molecule has 1 heterocycles. The zero-order chi connectivity index (χ0) is 12.3. The first-order valence-corrected chi connectivity index (χ1v) is 5.16. The monoisotopic (exact) mass is 237 g/mol. The number of rotatable bonds is 4. The fraction of sp³-hybridized carbons (Fsp3) is 0.273. The highest BCUT2D eigenvalue weighted by Gasteiger charge is 2.14. The maximum atomic E-state index is 13.2. The second-order valence-corrected chi connectivity index (χ2v) is 3.50. The van der Waals surface area contributed by atoms with Gasteiger partial charge in [-0.15, -0.1) is 5.10 Å². The first-order chi connectivity index (χ1) is 8.26. The maximum absolute atomic E-state index is 13.2. The quantitative estimate of drug-likeness (QED) is 0.815. The van der Waals surface area contributed by atoms with Gasteiger partial charge in [0.2, 0.25) is 0 Å². The van der Waals surface area contributed by atoms with E-state index in [1.165, 1.54) is 16.8 Å². The van der Waals surface area contributed by atoms with Gasteiger partial charge in [0.25, 0.3) is 0 Å². The highest BCUT2D eigenvalue weighted by atomic mass is 19.1. The lowest BCUT2D eigenvalue weighted by Crippen LogP contribution is -2.06. The van der Waals surface area contributed by atoms with Crippen LogP contribution in [0.25, 0.3) is 11.3 Å². The van der Waals surface area contributed by atoms with Crippen molar-refractivity contribution in [2.75, 3.05) is 6.61 Å². The topological polar surface area (TPSA) is 71.2 Å². The van der Waals surface area contributed by atoms with Gasteiger partial charge < -0.3 is 10.2 Å². The summed E-state index contributed by atoms with van der Waals surface area (Å²) in [5, 5.41) is 25.7. The van der Waals surface area contributed by atoms with E-state index in [0.717, 1.165) is 0 Å². The van der Waals surface area contributed by atoms with Crippen LogP contribution < -0.4 is 0 Å². The number of aliphatic hydroxyl groups is 2. The Morgan fingerprint density at radius 2 is 2.12 bits per heavy atom. The van der Waals surface area contributed by atoms with E-state index in [1.54, 1.807) is 12.1 Å². The number of hydrogen-bond donors (Lipinski definition) is 2. The Hall–Kier alpha value is -1.79. The predicted molar refractivity (Wildman–Crippen MR) is 58.4 cm³/mol. The van der Waals surface area contributed by atoms with Gasteiger partial charge in [0, 0.05) is 5.56 Å². The van der Waals surface area contributed by atoms with Gasteiger partial charge in [0.1, 0.15) is 11.5 Å². The number of nitrogens with zero attached hydrogens (tertiary/aromatic N) is 3. The molecule has 2 N–H and O–H groups in total. The third-order valence-electron chi connectivity index (χ3n) is 2.36. The number of aliphatic hydroxyl groups excluding tert-OH is 2. The van der Waals surface area contributed by atoms with Crippen LogP contribution in [0, 0.1) is 5.82 Å². The summed E-state index contributed by atoms with van der Waals surface area (Å²) in [5.74, 6) is -0.372. The number of halogens is 1. The second-order valence-electron chi connectivity index (χ2n) is 3.50. The Kier molecular flexibility index (Phi) is 3.46. The summed E-state index contributed by atoms with van der Waals surface area (Å²) in [5.41, 5.74) is 1.47. The molecule has 0 unspecified atom stereocenters. The first kappa shape index (κ1) is 11.7. The van der Waals surface area contributed by atoms with Crippen LogP contribution in [-0.4, -0.2) is 31.8 Å². The number of benzene rings is 1. The minimum Gasteiger partial charge on any atom is -0.394 e. The van der Waals surface area contributed by atoms with Crippen molar-refractivity contribution in [3.8, 4) is 11.3 Å². The van der Waals surface area contributed by atoms with Crippen molar-refractivity contribution in [1.29, 1.82) is 0 Å². The Balaban J connectivity index is 2.51. The molecule has 0 amide bonds. The van der Waals surface area contributed by atoms with E-state index < -0.39 is 0 Å². The minimum absolute atomic E-state index is 0.101. The molecular weight excluding hydrogens is 225 g/mol. The van der Waals surface area contributed by atoms with Crippen LogP contribution in [0.3, 0.4) is 0 Å². The van der Waals surface area contributed by atoms with Crippen LogP contribution in [0.2, 0.25) is 0 Å². The standard InChI is InChI=1S/C11H12FN3O2/c12-9-3-1-2-8(6-9)11-10(7-17)13-14-15(11)4-5-16/h1-3,6,16-17H,4-5,7H2. The van der Waals surface area contributed by atoms with Gasteiger partial charge in [-0.25, -0.2) is 9.07 Å². The van der Waals surface area contributed by atoms with Crippen molar-refractivity contribution in [1.82, 2.24) is 15.0 Å². The Morgan fingerprint density at radius 1 is 1.29 bits per heavy atom. The lowest BCUT2D eigenvalue weighted by molar-refractivity contribution is 0.268. The van der Waals surface area contributed by atoms with Crippen LogP contribution >= 0.6 is 0 Å². The number of aromatic nitrogens is 3. The van der Waals surface area contributed by atoms with Crippen LogP contribution in [0.5, 0.6) is 0 Å². The molecule has 0 saturated heterocycles. The van der Waals surface area contributed by atoms with Crippen molar-refractivity contribution in [3.63, 3.8) is 0 Å². The Bertz CT molecular complexity index is 513. The molecule has 0 fully saturated rings. The zero-order valence-electron chi connectivity index (χ0n) is 9.04. The molecule has 5 nitrogen and oxygen atoms in total. The van der Waals surface area contributed by atoms with Crippen LogP contribution in [-0.2, 0) is 13.2 Å². The molecule has 1 aromatic heterocycles. The molecule has 0 atom stereocenters. The second kappa shape index (κ2) is 5.03. The zero-order valence-corrected chi connectivity index (χ0v) is 9.04. The molecular formula is C11H12FN3O2. The van der Waals surface area contributed by atoms with Gasteiger partial charge in [-0.3, -0.25) is 0 Å². The first-order valence-electron chi connectivity index (χ1n) is 5.16. The van der Waals surface area contributed by atoms with Crippen LogP contribution in [0.4, 0.5) is 4.39 Å². The van der Waals surface area contributed by atoms with Gasteiger partial charge in [-0.2, -0.15) is 0 Å². The molecule has 0 saturated carbocycles. The largest absolute Gasteiger partial charge is 0.394 e.